The van der Waals surface area contributed by atoms with Crippen LogP contribution in [0.25, 0.3) is 0 Å². The summed E-state index contributed by atoms with van der Waals surface area (Å²) in [6, 6.07) is 0. The predicted octanol–water partition coefficient (Wildman–Crippen LogP) is 0.267. The third-order valence-electron chi connectivity index (χ3n) is 1.85. The van der Waals surface area contributed by atoms with Crippen molar-refractivity contribution in [3.8, 4) is 0 Å². The minimum atomic E-state index is 0.00154. The normalized spacial score (nSPS) is 51.4. The van der Waals surface area contributed by atoms with Crippen molar-refractivity contribution in [2.45, 2.75) is 5.72 Å². The summed E-state index contributed by atoms with van der Waals surface area (Å²) in [5, 5.41) is 0. The Hall–Kier alpha value is 0.210. The number of halogens is 1. The molecule has 0 amide bonds. The van der Waals surface area contributed by atoms with Gasteiger partial charge in [-0.3, -0.25) is 4.90 Å². The highest BCUT2D eigenvalue weighted by atomic mass is 35.5. The molecule has 46 valence electrons. The first-order valence-corrected chi connectivity index (χ1v) is 3.36. The molecule has 0 radical (unpaired) electrons. The number of fused-ring (bicyclic) bond motifs is 1. The average molecular weight is 134 g/mol. The Bertz CT molecular complexity index is 115. The van der Waals surface area contributed by atoms with E-state index in [4.69, 9.17) is 16.3 Å². The maximum absolute atomic E-state index is 5.62. The predicted molar refractivity (Wildman–Crippen MR) is 31.0 cm³/mol. The first kappa shape index (κ1) is 5.03. The Morgan fingerprint density at radius 2 is 2.62 bits per heavy atom. The number of rotatable bonds is 1. The van der Waals surface area contributed by atoms with Crippen molar-refractivity contribution in [2.75, 3.05) is 25.6 Å². The lowest BCUT2D eigenvalue weighted by Crippen LogP contribution is -2.16. The number of hydrogen-bond acceptors (Lipinski definition) is 2. The lowest BCUT2D eigenvalue weighted by atomic mass is 10.5. The molecule has 0 bridgehead atoms. The van der Waals surface area contributed by atoms with Gasteiger partial charge in [0.05, 0.1) is 12.5 Å². The van der Waals surface area contributed by atoms with Crippen LogP contribution in [0.1, 0.15) is 0 Å². The van der Waals surface area contributed by atoms with Crippen LogP contribution >= 0.6 is 11.6 Å². The van der Waals surface area contributed by atoms with E-state index in [9.17, 15) is 0 Å². The molecule has 2 fully saturated rings. The molecule has 0 aliphatic carbocycles. The van der Waals surface area contributed by atoms with Crippen molar-refractivity contribution < 1.29 is 4.74 Å². The summed E-state index contributed by atoms with van der Waals surface area (Å²) >= 11 is 5.62. The molecule has 2 aliphatic rings. The molecule has 0 spiro atoms. The Balaban J connectivity index is 2.08. The number of ether oxygens (including phenoxy) is 1. The molecule has 2 atom stereocenters. The van der Waals surface area contributed by atoms with Gasteiger partial charge in [0.1, 0.15) is 5.72 Å². The molecule has 0 aromatic heterocycles. The second-order valence-corrected chi connectivity index (χ2v) is 2.62. The topological polar surface area (TPSA) is 12.2 Å². The molecule has 3 heteroatoms. The number of hydrogen-bond donors (Lipinski definition) is 0. The summed E-state index contributed by atoms with van der Waals surface area (Å²) in [4.78, 5) is 2.25. The lowest BCUT2D eigenvalue weighted by Gasteiger charge is -2.02. The Labute approximate surface area is 53.4 Å². The quantitative estimate of drug-likeness (QED) is 0.376. The van der Waals surface area contributed by atoms with Gasteiger partial charge in [-0.25, -0.2) is 0 Å². The highest BCUT2D eigenvalue weighted by molar-refractivity contribution is 6.18. The summed E-state index contributed by atoms with van der Waals surface area (Å²) in [7, 11) is 0. The van der Waals surface area contributed by atoms with E-state index in [1.54, 1.807) is 0 Å². The number of morpholine rings is 1. The molecule has 2 rings (SSSR count). The zero-order valence-corrected chi connectivity index (χ0v) is 5.32. The van der Waals surface area contributed by atoms with Crippen molar-refractivity contribution >= 4 is 11.6 Å². The maximum atomic E-state index is 5.62. The molecule has 8 heavy (non-hydrogen) atoms. The first-order valence-electron chi connectivity index (χ1n) is 2.82. The lowest BCUT2D eigenvalue weighted by molar-refractivity contribution is 0.0796. The second-order valence-electron chi connectivity index (χ2n) is 2.35. The van der Waals surface area contributed by atoms with E-state index in [1.807, 2.05) is 0 Å². The average Bonchev–Trinajstić information content (AvgIpc) is 2.38. The fraction of sp³-hybridized carbons (Fsp3) is 1.00. The van der Waals surface area contributed by atoms with E-state index in [0.29, 0.717) is 5.88 Å². The molecular formula is C5H8ClNO. The maximum Gasteiger partial charge on any atom is 0.148 e. The first-order chi connectivity index (χ1) is 3.87. The molecule has 0 aromatic rings. The SMILES string of the molecule is ClCC12CN1CCO2. The third-order valence-corrected chi connectivity index (χ3v) is 2.27. The largest absolute Gasteiger partial charge is 0.356 e. The molecule has 2 aliphatic heterocycles. The van der Waals surface area contributed by atoms with Crippen LogP contribution in [0.2, 0.25) is 0 Å². The number of alkyl halides is 1. The summed E-state index contributed by atoms with van der Waals surface area (Å²) < 4.78 is 5.36. The zero-order chi connectivity index (χ0) is 5.61. The van der Waals surface area contributed by atoms with Gasteiger partial charge in [0.25, 0.3) is 0 Å². The second kappa shape index (κ2) is 1.38. The van der Waals surface area contributed by atoms with Crippen LogP contribution in [-0.4, -0.2) is 36.2 Å². The van der Waals surface area contributed by atoms with Gasteiger partial charge in [-0.05, 0) is 0 Å². The zero-order valence-electron chi connectivity index (χ0n) is 4.56. The van der Waals surface area contributed by atoms with Crippen LogP contribution in [0.15, 0.2) is 0 Å². The molecule has 2 heterocycles. The smallest absolute Gasteiger partial charge is 0.148 e. The summed E-state index contributed by atoms with van der Waals surface area (Å²) in [6.07, 6.45) is 0. The monoisotopic (exact) mass is 133 g/mol. The fourth-order valence-electron chi connectivity index (χ4n) is 1.19. The van der Waals surface area contributed by atoms with Gasteiger partial charge in [-0.15, -0.1) is 11.6 Å². The molecule has 2 saturated heterocycles. The van der Waals surface area contributed by atoms with Gasteiger partial charge in [0, 0.05) is 13.1 Å². The van der Waals surface area contributed by atoms with Gasteiger partial charge in [0.2, 0.25) is 0 Å². The van der Waals surface area contributed by atoms with E-state index < -0.39 is 0 Å². The van der Waals surface area contributed by atoms with Gasteiger partial charge >= 0.3 is 0 Å². The highest BCUT2D eigenvalue weighted by Crippen LogP contribution is 2.38. The van der Waals surface area contributed by atoms with Crippen molar-refractivity contribution in [3.63, 3.8) is 0 Å². The standard InChI is InChI=1S/C5H8ClNO/c6-3-5-4-7(5)1-2-8-5/h1-4H2. The molecule has 2 unspecified atom stereocenters. The van der Waals surface area contributed by atoms with Crippen LogP contribution in [-0.2, 0) is 4.74 Å². The van der Waals surface area contributed by atoms with Crippen LogP contribution in [0.4, 0.5) is 0 Å². The summed E-state index contributed by atoms with van der Waals surface area (Å²) in [6.45, 7) is 3.00. The summed E-state index contributed by atoms with van der Waals surface area (Å²) in [5.74, 6) is 0.632. The molecule has 0 aromatic carbocycles. The third kappa shape index (κ3) is 0.457. The van der Waals surface area contributed by atoms with Crippen LogP contribution in [0, 0.1) is 0 Å². The molecule has 2 nitrogen and oxygen atoms in total. The Morgan fingerprint density at radius 1 is 1.75 bits per heavy atom. The Kier molecular flexibility index (Phi) is 0.866. The molecular weight excluding hydrogens is 126 g/mol. The fourth-order valence-corrected chi connectivity index (χ4v) is 1.52. The summed E-state index contributed by atoms with van der Waals surface area (Å²) in [5.41, 5.74) is 0.00154. The van der Waals surface area contributed by atoms with E-state index in [0.717, 1.165) is 19.7 Å². The van der Waals surface area contributed by atoms with Gasteiger partial charge in [-0.2, -0.15) is 0 Å². The van der Waals surface area contributed by atoms with E-state index in [1.165, 1.54) is 0 Å². The minimum absolute atomic E-state index is 0.00154. The van der Waals surface area contributed by atoms with Crippen molar-refractivity contribution in [3.05, 3.63) is 0 Å². The molecule has 0 saturated carbocycles. The van der Waals surface area contributed by atoms with Crippen molar-refractivity contribution in [2.24, 2.45) is 0 Å². The minimum Gasteiger partial charge on any atom is -0.356 e. The van der Waals surface area contributed by atoms with Crippen molar-refractivity contribution in [1.82, 2.24) is 4.90 Å². The van der Waals surface area contributed by atoms with Gasteiger partial charge in [0.15, 0.2) is 0 Å². The van der Waals surface area contributed by atoms with Crippen molar-refractivity contribution in [1.29, 1.82) is 0 Å². The van der Waals surface area contributed by atoms with Crippen LogP contribution in [0.5, 0.6) is 0 Å². The Morgan fingerprint density at radius 3 is 2.88 bits per heavy atom. The van der Waals surface area contributed by atoms with Crippen LogP contribution in [0.3, 0.4) is 0 Å². The highest BCUT2D eigenvalue weighted by Gasteiger charge is 2.56. The van der Waals surface area contributed by atoms with E-state index in [2.05, 4.69) is 4.90 Å². The van der Waals surface area contributed by atoms with E-state index in [-0.39, 0.29) is 5.72 Å². The number of nitrogens with zero attached hydrogens (tertiary/aromatic N) is 1. The van der Waals surface area contributed by atoms with E-state index >= 15 is 0 Å². The van der Waals surface area contributed by atoms with Gasteiger partial charge < -0.3 is 4.74 Å². The van der Waals surface area contributed by atoms with Gasteiger partial charge in [-0.1, -0.05) is 0 Å². The van der Waals surface area contributed by atoms with Crippen LogP contribution < -0.4 is 0 Å². The molecule has 0 N–H and O–H groups in total.